The Hall–Kier alpha value is -0.320. The van der Waals surface area contributed by atoms with Crippen LogP contribution in [0.2, 0.25) is 0 Å². The number of aliphatic carboxylic acids is 1. The maximum absolute atomic E-state index is 11.0. The van der Waals surface area contributed by atoms with E-state index in [1.807, 2.05) is 18.7 Å². The maximum Gasteiger partial charge on any atom is 0.321 e. The van der Waals surface area contributed by atoms with Gasteiger partial charge >= 0.3 is 5.97 Å². The van der Waals surface area contributed by atoms with Crippen LogP contribution in [0.1, 0.15) is 13.8 Å². The van der Waals surface area contributed by atoms with Crippen LogP contribution >= 0.6 is 12.4 Å². The highest BCUT2D eigenvalue weighted by Crippen LogP contribution is 2.12. The van der Waals surface area contributed by atoms with E-state index in [0.717, 1.165) is 13.1 Å². The minimum absolute atomic E-state index is 0. The minimum Gasteiger partial charge on any atom is -0.480 e. The van der Waals surface area contributed by atoms with Crippen molar-refractivity contribution in [3.63, 3.8) is 0 Å². The van der Waals surface area contributed by atoms with Gasteiger partial charge in [0.05, 0.1) is 13.2 Å². The Bertz CT molecular complexity index is 181. The lowest BCUT2D eigenvalue weighted by Gasteiger charge is -2.33. The van der Waals surface area contributed by atoms with E-state index in [9.17, 15) is 4.79 Å². The van der Waals surface area contributed by atoms with Crippen LogP contribution in [0.3, 0.4) is 0 Å². The van der Waals surface area contributed by atoms with Gasteiger partial charge in [-0.05, 0) is 5.92 Å². The SMILES string of the molecule is CC(C)C(C(=O)O)N1CCOCC1.Cl. The van der Waals surface area contributed by atoms with Crippen LogP contribution in [0.15, 0.2) is 0 Å². The number of carbonyl (C=O) groups is 1. The number of hydrogen-bond acceptors (Lipinski definition) is 3. The van der Waals surface area contributed by atoms with Gasteiger partial charge in [-0.15, -0.1) is 12.4 Å². The first kappa shape index (κ1) is 13.7. The summed E-state index contributed by atoms with van der Waals surface area (Å²) < 4.78 is 5.17. The molecule has 4 nitrogen and oxygen atoms in total. The fourth-order valence-corrected chi connectivity index (χ4v) is 1.72. The number of halogens is 1. The van der Waals surface area contributed by atoms with E-state index in [1.165, 1.54) is 0 Å². The van der Waals surface area contributed by atoms with E-state index >= 15 is 0 Å². The number of nitrogens with zero attached hydrogens (tertiary/aromatic N) is 1. The molecular weight excluding hydrogens is 206 g/mol. The van der Waals surface area contributed by atoms with Crippen molar-refractivity contribution >= 4 is 18.4 Å². The molecule has 0 amide bonds. The molecule has 0 radical (unpaired) electrons. The maximum atomic E-state index is 11.0. The van der Waals surface area contributed by atoms with E-state index in [4.69, 9.17) is 9.84 Å². The van der Waals surface area contributed by atoms with Crippen LogP contribution in [-0.2, 0) is 9.53 Å². The van der Waals surface area contributed by atoms with E-state index < -0.39 is 5.97 Å². The van der Waals surface area contributed by atoms with Gasteiger partial charge in [0.15, 0.2) is 0 Å². The summed E-state index contributed by atoms with van der Waals surface area (Å²) in [5, 5.41) is 9.01. The molecule has 1 aliphatic heterocycles. The van der Waals surface area contributed by atoms with Gasteiger partial charge in [-0.1, -0.05) is 13.8 Å². The topological polar surface area (TPSA) is 49.8 Å². The van der Waals surface area contributed by atoms with Gasteiger partial charge in [0.2, 0.25) is 0 Å². The predicted octanol–water partition coefficient (Wildman–Crippen LogP) is 0.850. The van der Waals surface area contributed by atoms with Gasteiger partial charge in [-0.25, -0.2) is 0 Å². The van der Waals surface area contributed by atoms with Crippen LogP contribution < -0.4 is 0 Å². The third-order valence-corrected chi connectivity index (χ3v) is 2.32. The van der Waals surface area contributed by atoms with Gasteiger partial charge in [-0.3, -0.25) is 9.69 Å². The first-order valence-electron chi connectivity index (χ1n) is 4.67. The molecule has 84 valence electrons. The Balaban J connectivity index is 0.00000169. The monoisotopic (exact) mass is 223 g/mol. The Morgan fingerprint density at radius 2 is 1.86 bits per heavy atom. The van der Waals surface area contributed by atoms with Crippen molar-refractivity contribution in [3.8, 4) is 0 Å². The average Bonchev–Trinajstić information content (AvgIpc) is 2.04. The third-order valence-electron chi connectivity index (χ3n) is 2.32. The van der Waals surface area contributed by atoms with Gasteiger partial charge in [0, 0.05) is 13.1 Å². The minimum atomic E-state index is -0.725. The number of ether oxygens (including phenoxy) is 1. The van der Waals surface area contributed by atoms with Crippen molar-refractivity contribution in [2.75, 3.05) is 26.3 Å². The molecule has 1 atom stereocenters. The van der Waals surface area contributed by atoms with Crippen LogP contribution in [0.25, 0.3) is 0 Å². The average molecular weight is 224 g/mol. The van der Waals surface area contributed by atoms with Gasteiger partial charge in [0.25, 0.3) is 0 Å². The summed E-state index contributed by atoms with van der Waals surface area (Å²) in [4.78, 5) is 12.9. The molecule has 0 aromatic carbocycles. The number of carboxylic acids is 1. The quantitative estimate of drug-likeness (QED) is 0.771. The molecule has 0 aromatic rings. The second kappa shape index (κ2) is 6.22. The summed E-state index contributed by atoms with van der Waals surface area (Å²) in [6.45, 7) is 6.64. The molecule has 0 aliphatic carbocycles. The molecule has 1 aliphatic rings. The van der Waals surface area contributed by atoms with Crippen LogP contribution in [0.5, 0.6) is 0 Å². The third kappa shape index (κ3) is 3.44. The van der Waals surface area contributed by atoms with Crippen LogP contribution in [0, 0.1) is 5.92 Å². The second-order valence-electron chi connectivity index (χ2n) is 3.68. The summed E-state index contributed by atoms with van der Waals surface area (Å²) in [6.07, 6.45) is 0. The summed E-state index contributed by atoms with van der Waals surface area (Å²) in [5.74, 6) is -0.576. The molecule has 0 aromatic heterocycles. The molecule has 0 bridgehead atoms. The molecule has 1 unspecified atom stereocenters. The summed E-state index contributed by atoms with van der Waals surface area (Å²) in [6, 6.07) is -0.358. The molecule has 5 heteroatoms. The fourth-order valence-electron chi connectivity index (χ4n) is 1.72. The first-order valence-corrected chi connectivity index (χ1v) is 4.67. The van der Waals surface area contributed by atoms with Crippen molar-refractivity contribution in [1.82, 2.24) is 4.90 Å². The molecule has 1 heterocycles. The lowest BCUT2D eigenvalue weighted by atomic mass is 10.0. The largest absolute Gasteiger partial charge is 0.480 e. The Kier molecular flexibility index (Phi) is 6.08. The summed E-state index contributed by atoms with van der Waals surface area (Å²) in [7, 11) is 0. The van der Waals surface area contributed by atoms with Crippen LogP contribution in [0.4, 0.5) is 0 Å². The Morgan fingerprint density at radius 1 is 1.36 bits per heavy atom. The van der Waals surface area contributed by atoms with Gasteiger partial charge in [0.1, 0.15) is 6.04 Å². The van der Waals surface area contributed by atoms with Crippen molar-refractivity contribution in [2.24, 2.45) is 5.92 Å². The van der Waals surface area contributed by atoms with Crippen molar-refractivity contribution in [3.05, 3.63) is 0 Å². The van der Waals surface area contributed by atoms with Crippen LogP contribution in [-0.4, -0.2) is 48.3 Å². The zero-order valence-corrected chi connectivity index (χ0v) is 9.42. The number of carboxylic acid groups (broad SMARTS) is 1. The van der Waals surface area contributed by atoms with Crippen molar-refractivity contribution in [2.45, 2.75) is 19.9 Å². The molecule has 1 rings (SSSR count). The molecule has 1 fully saturated rings. The lowest BCUT2D eigenvalue weighted by molar-refractivity contribution is -0.147. The molecular formula is C9H18ClNO3. The Labute approximate surface area is 90.6 Å². The van der Waals surface area contributed by atoms with Gasteiger partial charge in [-0.2, -0.15) is 0 Å². The molecule has 0 saturated carbocycles. The predicted molar refractivity (Wildman–Crippen MR) is 55.9 cm³/mol. The normalized spacial score (nSPS) is 20.2. The molecule has 1 N–H and O–H groups in total. The molecule has 0 spiro atoms. The highest BCUT2D eigenvalue weighted by atomic mass is 35.5. The summed E-state index contributed by atoms with van der Waals surface area (Å²) >= 11 is 0. The highest BCUT2D eigenvalue weighted by Gasteiger charge is 2.29. The summed E-state index contributed by atoms with van der Waals surface area (Å²) in [5.41, 5.74) is 0. The highest BCUT2D eigenvalue weighted by molar-refractivity contribution is 5.85. The Morgan fingerprint density at radius 3 is 2.21 bits per heavy atom. The fraction of sp³-hybridized carbons (Fsp3) is 0.889. The standard InChI is InChI=1S/C9H17NO3.ClH/c1-7(2)8(9(11)12)10-3-5-13-6-4-10;/h7-8H,3-6H2,1-2H3,(H,11,12);1H. The molecule has 1 saturated heterocycles. The number of hydrogen-bond donors (Lipinski definition) is 1. The van der Waals surface area contributed by atoms with E-state index in [-0.39, 0.29) is 24.4 Å². The number of morpholine rings is 1. The number of rotatable bonds is 3. The smallest absolute Gasteiger partial charge is 0.321 e. The zero-order valence-electron chi connectivity index (χ0n) is 8.60. The molecule has 14 heavy (non-hydrogen) atoms. The van der Waals surface area contributed by atoms with E-state index in [1.54, 1.807) is 0 Å². The van der Waals surface area contributed by atoms with E-state index in [2.05, 4.69) is 0 Å². The van der Waals surface area contributed by atoms with Crippen molar-refractivity contribution < 1.29 is 14.6 Å². The van der Waals surface area contributed by atoms with E-state index in [0.29, 0.717) is 13.2 Å². The lowest BCUT2D eigenvalue weighted by Crippen LogP contribution is -2.49. The first-order chi connectivity index (χ1) is 6.13. The zero-order chi connectivity index (χ0) is 9.84. The van der Waals surface area contributed by atoms with Crippen molar-refractivity contribution in [1.29, 1.82) is 0 Å². The van der Waals surface area contributed by atoms with Gasteiger partial charge < -0.3 is 9.84 Å². The second-order valence-corrected chi connectivity index (χ2v) is 3.68.